The Labute approximate surface area is 99.1 Å². The summed E-state index contributed by atoms with van der Waals surface area (Å²) >= 11 is 1.74. The zero-order valence-corrected chi connectivity index (χ0v) is 10.1. The van der Waals surface area contributed by atoms with Crippen LogP contribution in [-0.4, -0.2) is 12.1 Å². The van der Waals surface area contributed by atoms with Gasteiger partial charge in [0.05, 0.1) is 18.8 Å². The number of methoxy groups -OCH3 is 1. The number of nitrogens with zero attached hydrogens (tertiary/aromatic N) is 1. The Morgan fingerprint density at radius 2 is 2.25 bits per heavy atom. The maximum atomic E-state index is 5.19. The van der Waals surface area contributed by atoms with Crippen molar-refractivity contribution in [3.63, 3.8) is 0 Å². The fourth-order valence-corrected chi connectivity index (χ4v) is 2.24. The molecule has 3 nitrogen and oxygen atoms in total. The second-order valence-electron chi connectivity index (χ2n) is 3.44. The minimum Gasteiger partial charge on any atom is -0.480 e. The molecule has 0 amide bonds. The highest BCUT2D eigenvalue weighted by atomic mass is 32.1. The van der Waals surface area contributed by atoms with Gasteiger partial charge in [-0.25, -0.2) is 4.98 Å². The van der Waals surface area contributed by atoms with Gasteiger partial charge in [-0.1, -0.05) is 6.07 Å². The van der Waals surface area contributed by atoms with Crippen molar-refractivity contribution in [2.45, 2.75) is 13.0 Å². The van der Waals surface area contributed by atoms with Gasteiger partial charge in [0.2, 0.25) is 5.88 Å². The summed E-state index contributed by atoms with van der Waals surface area (Å²) in [7, 11) is 1.63. The molecule has 16 heavy (non-hydrogen) atoms. The lowest BCUT2D eigenvalue weighted by atomic mass is 10.2. The quantitative estimate of drug-likeness (QED) is 0.881. The van der Waals surface area contributed by atoms with Crippen molar-refractivity contribution in [1.29, 1.82) is 0 Å². The average Bonchev–Trinajstić information content (AvgIpc) is 2.83. The Bertz CT molecular complexity index is 442. The average molecular weight is 234 g/mol. The standard InChI is InChI=1S/C12H14N2OS/c1-9(11-6-4-8-16-11)14-10-5-3-7-13-12(10)15-2/h3-9,14H,1-2H3. The smallest absolute Gasteiger partial charge is 0.237 e. The maximum absolute atomic E-state index is 5.19. The van der Waals surface area contributed by atoms with Crippen LogP contribution in [0.15, 0.2) is 35.8 Å². The van der Waals surface area contributed by atoms with Crippen LogP contribution in [-0.2, 0) is 0 Å². The number of aromatic nitrogens is 1. The fraction of sp³-hybridized carbons (Fsp3) is 0.250. The number of anilines is 1. The van der Waals surface area contributed by atoms with Gasteiger partial charge in [0, 0.05) is 11.1 Å². The molecule has 0 radical (unpaired) electrons. The summed E-state index contributed by atoms with van der Waals surface area (Å²) in [6.45, 7) is 2.12. The molecule has 2 heterocycles. The van der Waals surface area contributed by atoms with Crippen molar-refractivity contribution in [3.8, 4) is 5.88 Å². The van der Waals surface area contributed by atoms with Gasteiger partial charge in [0.15, 0.2) is 0 Å². The van der Waals surface area contributed by atoms with E-state index in [1.54, 1.807) is 24.6 Å². The predicted octanol–water partition coefficient (Wildman–Crippen LogP) is 3.32. The highest BCUT2D eigenvalue weighted by molar-refractivity contribution is 7.10. The van der Waals surface area contributed by atoms with Gasteiger partial charge in [-0.05, 0) is 30.5 Å². The van der Waals surface area contributed by atoms with E-state index in [1.807, 2.05) is 12.1 Å². The van der Waals surface area contributed by atoms with Crippen molar-refractivity contribution in [3.05, 3.63) is 40.7 Å². The lowest BCUT2D eigenvalue weighted by Crippen LogP contribution is -2.06. The maximum Gasteiger partial charge on any atom is 0.237 e. The Hall–Kier alpha value is -1.55. The molecule has 1 atom stereocenters. The molecule has 0 fully saturated rings. The summed E-state index contributed by atoms with van der Waals surface area (Å²) in [6.07, 6.45) is 1.72. The van der Waals surface area contributed by atoms with Crippen LogP contribution in [0.5, 0.6) is 5.88 Å². The number of thiophene rings is 1. The molecule has 84 valence electrons. The topological polar surface area (TPSA) is 34.1 Å². The minimum absolute atomic E-state index is 0.262. The van der Waals surface area contributed by atoms with Gasteiger partial charge in [0.25, 0.3) is 0 Å². The first-order chi connectivity index (χ1) is 7.81. The number of hydrogen-bond donors (Lipinski definition) is 1. The number of pyridine rings is 1. The van der Waals surface area contributed by atoms with Crippen LogP contribution in [0.3, 0.4) is 0 Å². The first-order valence-electron chi connectivity index (χ1n) is 5.10. The van der Waals surface area contributed by atoms with Crippen molar-refractivity contribution in [1.82, 2.24) is 4.98 Å². The van der Waals surface area contributed by atoms with Crippen LogP contribution in [0, 0.1) is 0 Å². The molecule has 1 unspecified atom stereocenters. The fourth-order valence-electron chi connectivity index (χ4n) is 1.51. The summed E-state index contributed by atoms with van der Waals surface area (Å²) < 4.78 is 5.19. The zero-order chi connectivity index (χ0) is 11.4. The van der Waals surface area contributed by atoms with Crippen LogP contribution >= 0.6 is 11.3 Å². The molecule has 0 saturated carbocycles. The first-order valence-corrected chi connectivity index (χ1v) is 5.98. The molecular formula is C12H14N2OS. The van der Waals surface area contributed by atoms with Crippen molar-refractivity contribution >= 4 is 17.0 Å². The molecule has 2 rings (SSSR count). The third-order valence-corrected chi connectivity index (χ3v) is 3.36. The van der Waals surface area contributed by atoms with Gasteiger partial charge in [-0.2, -0.15) is 0 Å². The summed E-state index contributed by atoms with van der Waals surface area (Å²) in [5, 5.41) is 5.46. The van der Waals surface area contributed by atoms with Crippen LogP contribution in [0.2, 0.25) is 0 Å². The molecule has 2 aromatic heterocycles. The van der Waals surface area contributed by atoms with Crippen molar-refractivity contribution in [2.24, 2.45) is 0 Å². The second kappa shape index (κ2) is 4.99. The van der Waals surface area contributed by atoms with E-state index in [-0.39, 0.29) is 6.04 Å². The lowest BCUT2D eigenvalue weighted by molar-refractivity contribution is 0.399. The first kappa shape index (κ1) is 11.0. The number of hydrogen-bond acceptors (Lipinski definition) is 4. The molecule has 0 aromatic carbocycles. The third-order valence-electron chi connectivity index (χ3n) is 2.31. The Balaban J connectivity index is 2.14. The van der Waals surface area contributed by atoms with Crippen molar-refractivity contribution < 1.29 is 4.74 Å². The molecule has 1 N–H and O–H groups in total. The van der Waals surface area contributed by atoms with E-state index >= 15 is 0 Å². The Morgan fingerprint density at radius 3 is 2.94 bits per heavy atom. The SMILES string of the molecule is COc1ncccc1NC(C)c1cccs1. The molecule has 0 aliphatic heterocycles. The van der Waals surface area contributed by atoms with E-state index in [4.69, 9.17) is 4.74 Å². The summed E-state index contributed by atoms with van der Waals surface area (Å²) in [6, 6.07) is 8.30. The van der Waals surface area contributed by atoms with E-state index < -0.39 is 0 Å². The van der Waals surface area contributed by atoms with Crippen molar-refractivity contribution in [2.75, 3.05) is 12.4 Å². The van der Waals surface area contributed by atoms with Gasteiger partial charge in [0.1, 0.15) is 0 Å². The molecule has 2 aromatic rings. The number of nitrogens with one attached hydrogen (secondary N) is 1. The number of rotatable bonds is 4. The van der Waals surface area contributed by atoms with Gasteiger partial charge in [-0.15, -0.1) is 11.3 Å². The highest BCUT2D eigenvalue weighted by Gasteiger charge is 2.09. The van der Waals surface area contributed by atoms with Gasteiger partial charge in [-0.3, -0.25) is 0 Å². The number of ether oxygens (including phenoxy) is 1. The van der Waals surface area contributed by atoms with E-state index in [9.17, 15) is 0 Å². The third kappa shape index (κ3) is 2.33. The highest BCUT2D eigenvalue weighted by Crippen LogP contribution is 2.27. The largest absolute Gasteiger partial charge is 0.480 e. The monoisotopic (exact) mass is 234 g/mol. The lowest BCUT2D eigenvalue weighted by Gasteiger charge is -2.15. The molecule has 4 heteroatoms. The molecular weight excluding hydrogens is 220 g/mol. The Kier molecular flexibility index (Phi) is 3.41. The van der Waals surface area contributed by atoms with E-state index in [0.29, 0.717) is 5.88 Å². The van der Waals surface area contributed by atoms with Crippen LogP contribution < -0.4 is 10.1 Å². The molecule has 0 bridgehead atoms. The molecule has 0 spiro atoms. The van der Waals surface area contributed by atoms with Gasteiger partial charge < -0.3 is 10.1 Å². The van der Waals surface area contributed by atoms with Crippen LogP contribution in [0.1, 0.15) is 17.8 Å². The zero-order valence-electron chi connectivity index (χ0n) is 9.31. The second-order valence-corrected chi connectivity index (χ2v) is 4.42. The van der Waals surface area contributed by atoms with Gasteiger partial charge >= 0.3 is 0 Å². The van der Waals surface area contributed by atoms with Crippen LogP contribution in [0.25, 0.3) is 0 Å². The van der Waals surface area contributed by atoms with E-state index in [0.717, 1.165) is 5.69 Å². The predicted molar refractivity (Wildman–Crippen MR) is 67.1 cm³/mol. The molecule has 0 aliphatic rings. The summed E-state index contributed by atoms with van der Waals surface area (Å²) in [4.78, 5) is 5.45. The normalized spacial score (nSPS) is 12.1. The van der Waals surface area contributed by atoms with E-state index in [1.165, 1.54) is 4.88 Å². The van der Waals surface area contributed by atoms with E-state index in [2.05, 4.69) is 34.7 Å². The summed E-state index contributed by atoms with van der Waals surface area (Å²) in [5.74, 6) is 0.630. The molecule has 0 aliphatic carbocycles. The van der Waals surface area contributed by atoms with Crippen LogP contribution in [0.4, 0.5) is 5.69 Å². The summed E-state index contributed by atoms with van der Waals surface area (Å²) in [5.41, 5.74) is 0.922. The minimum atomic E-state index is 0.262. The Morgan fingerprint density at radius 1 is 1.38 bits per heavy atom. The molecule has 0 saturated heterocycles.